The lowest BCUT2D eigenvalue weighted by atomic mass is 9.93. The molecule has 1 aliphatic carbocycles. The van der Waals surface area contributed by atoms with Crippen LogP contribution in [0.1, 0.15) is 89.2 Å². The molecule has 0 radical (unpaired) electrons. The Bertz CT molecular complexity index is 1880. The molecular weight excluding hydrogens is 715 g/mol. The number of hydrogen-bond acceptors (Lipinski definition) is 9. The summed E-state index contributed by atoms with van der Waals surface area (Å²) in [5, 5.41) is 7.74. The number of hydrogen-bond donors (Lipinski definition) is 1. The SMILES string of the molecule is Cc1cc(S(=O)(=O)NC(=O)c2ccc(-n3ccc(OCCC4(C(F)(F)F)CC4)n3)nc2Cl)nn1CCCC1CN(C(=O)OC(C)(C)C)C(C)(C)C1. The number of sulfonamides is 1. The van der Waals surface area contributed by atoms with Gasteiger partial charge in [-0.1, -0.05) is 11.6 Å². The zero-order valence-corrected chi connectivity index (χ0v) is 31.0. The quantitative estimate of drug-likeness (QED) is 0.205. The highest BCUT2D eigenvalue weighted by Gasteiger charge is 2.62. The van der Waals surface area contributed by atoms with Crippen LogP contribution < -0.4 is 9.46 Å². The Kier molecular flexibility index (Phi) is 10.5. The van der Waals surface area contributed by atoms with Gasteiger partial charge in [0.25, 0.3) is 15.9 Å². The fraction of sp³-hybridized carbons (Fsp3) is 0.606. The van der Waals surface area contributed by atoms with Crippen LogP contribution in [0.15, 0.2) is 35.5 Å². The number of aryl methyl sites for hydroxylation is 2. The summed E-state index contributed by atoms with van der Waals surface area (Å²) >= 11 is 6.26. The van der Waals surface area contributed by atoms with E-state index in [4.69, 9.17) is 21.1 Å². The van der Waals surface area contributed by atoms with E-state index in [0.29, 0.717) is 25.2 Å². The van der Waals surface area contributed by atoms with E-state index in [1.54, 1.807) is 16.5 Å². The summed E-state index contributed by atoms with van der Waals surface area (Å²) in [6, 6.07) is 5.47. The van der Waals surface area contributed by atoms with Crippen LogP contribution in [0, 0.1) is 18.3 Å². The maximum Gasteiger partial charge on any atom is 0.410 e. The van der Waals surface area contributed by atoms with Gasteiger partial charge in [-0.3, -0.25) is 9.48 Å². The van der Waals surface area contributed by atoms with Gasteiger partial charge in [0.1, 0.15) is 10.8 Å². The highest BCUT2D eigenvalue weighted by molar-refractivity contribution is 7.90. The van der Waals surface area contributed by atoms with E-state index in [9.17, 15) is 31.2 Å². The molecule has 3 aromatic heterocycles. The Labute approximate surface area is 299 Å². The monoisotopic (exact) mass is 757 g/mol. The first-order valence-corrected chi connectivity index (χ1v) is 18.5. The van der Waals surface area contributed by atoms with Gasteiger partial charge < -0.3 is 14.4 Å². The number of aromatic nitrogens is 5. The molecule has 13 nitrogen and oxygen atoms in total. The summed E-state index contributed by atoms with van der Waals surface area (Å²) in [5.74, 6) is -0.532. The van der Waals surface area contributed by atoms with Crippen molar-refractivity contribution in [1.29, 1.82) is 0 Å². The second-order valence-electron chi connectivity index (χ2n) is 14.9. The van der Waals surface area contributed by atoms with Crippen molar-refractivity contribution in [3.05, 3.63) is 46.9 Å². The molecule has 0 aromatic carbocycles. The average molecular weight is 758 g/mol. The third kappa shape index (κ3) is 8.96. The second-order valence-corrected chi connectivity index (χ2v) is 16.9. The molecule has 0 bridgehead atoms. The van der Waals surface area contributed by atoms with Gasteiger partial charge in [-0.25, -0.2) is 19.2 Å². The lowest BCUT2D eigenvalue weighted by molar-refractivity contribution is -0.190. The van der Waals surface area contributed by atoms with Gasteiger partial charge >= 0.3 is 12.3 Å². The average Bonchev–Trinajstić information content (AvgIpc) is 3.32. The summed E-state index contributed by atoms with van der Waals surface area (Å²) in [6.07, 6.45) is -0.868. The smallest absolute Gasteiger partial charge is 0.410 e. The highest BCUT2D eigenvalue weighted by Crippen LogP contribution is 2.59. The van der Waals surface area contributed by atoms with Gasteiger partial charge in [-0.05, 0) is 98.1 Å². The Hall–Kier alpha value is -3.86. The number of pyridine rings is 1. The van der Waals surface area contributed by atoms with Gasteiger partial charge in [0.2, 0.25) is 5.88 Å². The molecule has 3 aromatic rings. The summed E-state index contributed by atoms with van der Waals surface area (Å²) in [6.45, 7) is 12.1. The Morgan fingerprint density at radius 2 is 1.82 bits per heavy atom. The molecule has 1 N–H and O–H groups in total. The summed E-state index contributed by atoms with van der Waals surface area (Å²) in [7, 11) is -4.38. The number of likely N-dealkylation sites (tertiary alicyclic amines) is 1. The van der Waals surface area contributed by atoms with Gasteiger partial charge in [0.05, 0.1) is 17.6 Å². The molecule has 1 aliphatic heterocycles. The van der Waals surface area contributed by atoms with Crippen molar-refractivity contribution in [3.8, 4) is 11.7 Å². The van der Waals surface area contributed by atoms with E-state index in [0.717, 1.165) is 12.8 Å². The molecule has 51 heavy (non-hydrogen) atoms. The highest BCUT2D eigenvalue weighted by atomic mass is 35.5. The zero-order chi connectivity index (χ0) is 37.6. The first-order valence-electron chi connectivity index (χ1n) is 16.6. The largest absolute Gasteiger partial charge is 0.477 e. The predicted octanol–water partition coefficient (Wildman–Crippen LogP) is 6.47. The minimum atomic E-state index is -4.38. The number of halogens is 4. The number of ether oxygens (including phenoxy) is 2. The number of nitrogens with zero attached hydrogens (tertiary/aromatic N) is 6. The van der Waals surface area contributed by atoms with Gasteiger partial charge in [-0.2, -0.15) is 26.7 Å². The summed E-state index contributed by atoms with van der Waals surface area (Å²) in [4.78, 5) is 31.6. The van der Waals surface area contributed by atoms with E-state index >= 15 is 0 Å². The number of amides is 2. The van der Waals surface area contributed by atoms with Crippen molar-refractivity contribution in [1.82, 2.24) is 34.2 Å². The summed E-state index contributed by atoms with van der Waals surface area (Å²) < 4.78 is 81.5. The second kappa shape index (κ2) is 13.9. The maximum absolute atomic E-state index is 13.2. The van der Waals surface area contributed by atoms with Crippen LogP contribution >= 0.6 is 11.6 Å². The minimum absolute atomic E-state index is 0.0834. The van der Waals surface area contributed by atoms with Crippen LogP contribution in [-0.2, 0) is 21.3 Å². The third-order valence-electron chi connectivity index (χ3n) is 9.18. The maximum atomic E-state index is 13.2. The van der Waals surface area contributed by atoms with Crippen LogP contribution in [0.2, 0.25) is 5.15 Å². The Morgan fingerprint density at radius 3 is 2.45 bits per heavy atom. The number of nitrogens with one attached hydrogen (secondary N) is 1. The molecule has 1 saturated carbocycles. The molecule has 2 amide bonds. The molecule has 1 unspecified atom stereocenters. The van der Waals surface area contributed by atoms with Crippen molar-refractivity contribution in [2.75, 3.05) is 13.2 Å². The standard InChI is InChI=1S/C33H43ClF3N7O6S/c1-21-18-26(40-43(21)15-7-8-22-19-31(5,6)42(20-22)29(46)50-30(2,3)4)51(47,48)41-28(45)23-9-10-24(38-27(23)34)44-16-11-25(39-44)49-17-14-32(12-13-32)33(35,36)37/h9-11,16,18,22H,7-8,12-15,17,19-20H2,1-6H3,(H,41,45). The fourth-order valence-electron chi connectivity index (χ4n) is 6.23. The predicted molar refractivity (Wildman–Crippen MR) is 180 cm³/mol. The van der Waals surface area contributed by atoms with Crippen molar-refractivity contribution >= 4 is 33.6 Å². The van der Waals surface area contributed by atoms with Crippen molar-refractivity contribution in [3.63, 3.8) is 0 Å². The van der Waals surface area contributed by atoms with Gasteiger partial charge in [0, 0.05) is 42.7 Å². The molecule has 5 rings (SSSR count). The van der Waals surface area contributed by atoms with Crippen molar-refractivity contribution in [2.24, 2.45) is 11.3 Å². The molecule has 2 fully saturated rings. The minimum Gasteiger partial charge on any atom is -0.477 e. The van der Waals surface area contributed by atoms with Crippen LogP contribution in [0.5, 0.6) is 5.88 Å². The molecule has 1 saturated heterocycles. The molecular formula is C33H43ClF3N7O6S. The van der Waals surface area contributed by atoms with E-state index < -0.39 is 33.1 Å². The molecule has 0 spiro atoms. The molecule has 18 heteroatoms. The summed E-state index contributed by atoms with van der Waals surface area (Å²) in [5.41, 5.74) is -2.26. The van der Waals surface area contributed by atoms with E-state index in [1.807, 2.05) is 39.3 Å². The van der Waals surface area contributed by atoms with E-state index in [2.05, 4.69) is 15.2 Å². The van der Waals surface area contributed by atoms with Crippen molar-refractivity contribution < 1.29 is 40.7 Å². The fourth-order valence-corrected chi connectivity index (χ4v) is 7.45. The number of rotatable bonds is 12. The Balaban J connectivity index is 1.14. The molecule has 4 heterocycles. The van der Waals surface area contributed by atoms with E-state index in [-0.39, 0.29) is 70.9 Å². The third-order valence-corrected chi connectivity index (χ3v) is 10.7. The molecule has 1 atom stereocenters. The lowest BCUT2D eigenvalue weighted by Gasteiger charge is -2.33. The van der Waals surface area contributed by atoms with Crippen LogP contribution in [0.3, 0.4) is 0 Å². The topological polar surface area (TPSA) is 151 Å². The lowest BCUT2D eigenvalue weighted by Crippen LogP contribution is -2.45. The van der Waals surface area contributed by atoms with Crippen LogP contribution in [0.4, 0.5) is 18.0 Å². The van der Waals surface area contributed by atoms with Crippen LogP contribution in [0.25, 0.3) is 5.82 Å². The van der Waals surface area contributed by atoms with Gasteiger partial charge in [0.15, 0.2) is 10.8 Å². The Morgan fingerprint density at radius 1 is 1.12 bits per heavy atom. The molecule has 280 valence electrons. The first kappa shape index (κ1) is 38.4. The van der Waals surface area contributed by atoms with Crippen molar-refractivity contribution in [2.45, 2.75) is 109 Å². The van der Waals surface area contributed by atoms with Gasteiger partial charge in [-0.15, -0.1) is 5.10 Å². The zero-order valence-electron chi connectivity index (χ0n) is 29.4. The number of carbonyl (C=O) groups excluding carboxylic acids is 2. The number of carbonyl (C=O) groups is 2. The van der Waals surface area contributed by atoms with E-state index in [1.165, 1.54) is 35.1 Å². The normalized spacial score (nSPS) is 18.5. The number of alkyl halides is 3. The first-order chi connectivity index (χ1) is 23.6. The van der Waals surface area contributed by atoms with Crippen LogP contribution in [-0.4, -0.2) is 80.3 Å². The molecule has 2 aliphatic rings.